The number of carbonyl (C=O) groups is 1. The van der Waals surface area contributed by atoms with Crippen molar-refractivity contribution in [3.8, 4) is 0 Å². The van der Waals surface area contributed by atoms with Gasteiger partial charge in [-0.25, -0.2) is 4.79 Å². The van der Waals surface area contributed by atoms with Crippen LogP contribution in [0, 0.1) is 0 Å². The van der Waals surface area contributed by atoms with Gasteiger partial charge in [0.1, 0.15) is 4.88 Å². The molecular weight excluding hydrogens is 226 g/mol. The highest BCUT2D eigenvalue weighted by Gasteiger charge is 2.24. The van der Waals surface area contributed by atoms with E-state index in [1.54, 1.807) is 5.38 Å². The van der Waals surface area contributed by atoms with E-state index in [1.807, 2.05) is 31.9 Å². The van der Waals surface area contributed by atoms with Crippen molar-refractivity contribution in [1.29, 1.82) is 0 Å². The molecule has 0 amide bonds. The Morgan fingerprint density at radius 2 is 2.19 bits per heavy atom. The lowest BCUT2D eigenvalue weighted by atomic mass is 10.0. The van der Waals surface area contributed by atoms with E-state index in [1.165, 1.54) is 11.3 Å². The van der Waals surface area contributed by atoms with Gasteiger partial charge in [-0.05, 0) is 37.9 Å². The number of likely N-dealkylation sites (N-methyl/N-ethyl adjacent to an activating group) is 1. The highest BCUT2D eigenvalue weighted by atomic mass is 32.1. The minimum Gasteiger partial charge on any atom is -0.477 e. The Hall–Kier alpha value is -0.910. The lowest BCUT2D eigenvalue weighted by Gasteiger charge is -2.33. The first-order valence-electron chi connectivity index (χ1n) is 5.00. The topological polar surface area (TPSA) is 60.8 Å². The molecule has 0 atom stereocenters. The normalized spacial score (nSPS) is 12.1. The number of hydrogen-bond donors (Lipinski definition) is 2. The van der Waals surface area contributed by atoms with E-state index in [0.717, 1.165) is 5.56 Å². The second-order valence-corrected chi connectivity index (χ2v) is 5.32. The van der Waals surface area contributed by atoms with Gasteiger partial charge in [0.25, 0.3) is 0 Å². The van der Waals surface area contributed by atoms with Gasteiger partial charge in [0, 0.05) is 12.1 Å². The molecule has 1 aromatic rings. The molecule has 16 heavy (non-hydrogen) atoms. The van der Waals surface area contributed by atoms with Crippen LogP contribution in [0.5, 0.6) is 0 Å². The van der Waals surface area contributed by atoms with Crippen molar-refractivity contribution in [2.24, 2.45) is 0 Å². The summed E-state index contributed by atoms with van der Waals surface area (Å²) >= 11 is 1.23. The van der Waals surface area contributed by atoms with Gasteiger partial charge in [-0.15, -0.1) is 11.3 Å². The first-order chi connectivity index (χ1) is 7.38. The lowest BCUT2D eigenvalue weighted by molar-refractivity contribution is 0.0675. The fraction of sp³-hybridized carbons (Fsp3) is 0.545. The van der Waals surface area contributed by atoms with Crippen LogP contribution in [0.2, 0.25) is 0 Å². The quantitative estimate of drug-likeness (QED) is 0.825. The summed E-state index contributed by atoms with van der Waals surface area (Å²) in [6.45, 7) is 4.40. The number of aliphatic hydroxyl groups excluding tert-OH is 1. The summed E-state index contributed by atoms with van der Waals surface area (Å²) in [4.78, 5) is 13.2. The number of thiophene rings is 1. The van der Waals surface area contributed by atoms with Gasteiger partial charge < -0.3 is 10.2 Å². The maximum Gasteiger partial charge on any atom is 0.346 e. The molecule has 0 spiro atoms. The summed E-state index contributed by atoms with van der Waals surface area (Å²) in [6, 6.07) is 1.82. The summed E-state index contributed by atoms with van der Waals surface area (Å²) in [5, 5.41) is 20.0. The Kier molecular flexibility index (Phi) is 4.07. The van der Waals surface area contributed by atoms with Gasteiger partial charge in [0.05, 0.1) is 6.61 Å². The zero-order valence-corrected chi connectivity index (χ0v) is 10.5. The molecule has 0 fully saturated rings. The van der Waals surface area contributed by atoms with Gasteiger partial charge >= 0.3 is 5.97 Å². The number of carboxylic acid groups (broad SMARTS) is 1. The van der Waals surface area contributed by atoms with Crippen LogP contribution in [-0.2, 0) is 6.54 Å². The minimum absolute atomic E-state index is 0.0377. The zero-order chi connectivity index (χ0) is 12.3. The number of aliphatic hydroxyl groups is 1. The Morgan fingerprint density at radius 3 is 2.69 bits per heavy atom. The molecule has 1 aromatic heterocycles. The van der Waals surface area contributed by atoms with Crippen LogP contribution in [0.1, 0.15) is 29.1 Å². The monoisotopic (exact) mass is 243 g/mol. The van der Waals surface area contributed by atoms with E-state index in [2.05, 4.69) is 0 Å². The number of rotatable bonds is 5. The molecule has 90 valence electrons. The fourth-order valence-corrected chi connectivity index (χ4v) is 1.99. The Balaban J connectivity index is 2.81. The van der Waals surface area contributed by atoms with Gasteiger partial charge in [-0.1, -0.05) is 0 Å². The Labute approximate surface area is 99.1 Å². The first-order valence-corrected chi connectivity index (χ1v) is 5.88. The summed E-state index contributed by atoms with van der Waals surface area (Å²) in [7, 11) is 1.87. The summed E-state index contributed by atoms with van der Waals surface area (Å²) in [5.74, 6) is -0.889. The van der Waals surface area contributed by atoms with E-state index >= 15 is 0 Å². The van der Waals surface area contributed by atoms with Gasteiger partial charge in [-0.2, -0.15) is 0 Å². The van der Waals surface area contributed by atoms with E-state index in [4.69, 9.17) is 5.11 Å². The highest BCUT2D eigenvalue weighted by molar-refractivity contribution is 7.12. The largest absolute Gasteiger partial charge is 0.477 e. The van der Waals surface area contributed by atoms with Crippen LogP contribution in [0.4, 0.5) is 0 Å². The summed E-state index contributed by atoms with van der Waals surface area (Å²) in [5.41, 5.74) is 0.444. The maximum absolute atomic E-state index is 10.9. The molecule has 0 saturated heterocycles. The summed E-state index contributed by atoms with van der Waals surface area (Å²) in [6.07, 6.45) is 0. The predicted octanol–water partition coefficient (Wildman–Crippen LogP) is 1.65. The second kappa shape index (κ2) is 4.95. The third-order valence-corrected chi connectivity index (χ3v) is 3.71. The van der Waals surface area contributed by atoms with Crippen molar-refractivity contribution in [2.45, 2.75) is 25.9 Å². The third kappa shape index (κ3) is 2.81. The van der Waals surface area contributed by atoms with Crippen molar-refractivity contribution < 1.29 is 15.0 Å². The standard InChI is InChI=1S/C11H17NO3S/c1-11(2,7-13)12(3)6-8-4-5-16-9(8)10(14)15/h4-5,13H,6-7H2,1-3H3,(H,14,15). The first kappa shape index (κ1) is 13.2. The predicted molar refractivity (Wildman–Crippen MR) is 63.9 cm³/mol. The molecule has 5 heteroatoms. The van der Waals surface area contributed by atoms with Crippen molar-refractivity contribution >= 4 is 17.3 Å². The van der Waals surface area contributed by atoms with Gasteiger partial charge in [-0.3, -0.25) is 4.90 Å². The van der Waals surface area contributed by atoms with Crippen molar-refractivity contribution in [3.63, 3.8) is 0 Å². The fourth-order valence-electron chi connectivity index (χ4n) is 1.24. The molecule has 0 aliphatic heterocycles. The van der Waals surface area contributed by atoms with E-state index in [9.17, 15) is 9.90 Å². The molecule has 0 radical (unpaired) electrons. The SMILES string of the molecule is CN(Cc1ccsc1C(=O)O)C(C)(C)CO. The number of nitrogens with zero attached hydrogens (tertiary/aromatic N) is 1. The molecule has 1 heterocycles. The Bertz CT molecular complexity index is 373. The Morgan fingerprint density at radius 1 is 1.56 bits per heavy atom. The number of hydrogen-bond acceptors (Lipinski definition) is 4. The number of carboxylic acids is 1. The van der Waals surface area contributed by atoms with Crippen LogP contribution < -0.4 is 0 Å². The minimum atomic E-state index is -0.889. The summed E-state index contributed by atoms with van der Waals surface area (Å²) < 4.78 is 0. The van der Waals surface area contributed by atoms with Gasteiger partial charge in [0.15, 0.2) is 0 Å². The van der Waals surface area contributed by atoms with Crippen molar-refractivity contribution in [3.05, 3.63) is 21.9 Å². The maximum atomic E-state index is 10.9. The van der Waals surface area contributed by atoms with E-state index in [0.29, 0.717) is 11.4 Å². The average Bonchev–Trinajstić information content (AvgIpc) is 2.65. The van der Waals surface area contributed by atoms with E-state index in [-0.39, 0.29) is 12.1 Å². The zero-order valence-electron chi connectivity index (χ0n) is 9.73. The molecule has 2 N–H and O–H groups in total. The van der Waals surface area contributed by atoms with Crippen LogP contribution in [-0.4, -0.2) is 40.3 Å². The molecular formula is C11H17NO3S. The van der Waals surface area contributed by atoms with Crippen LogP contribution >= 0.6 is 11.3 Å². The smallest absolute Gasteiger partial charge is 0.346 e. The molecule has 0 aliphatic rings. The second-order valence-electron chi connectivity index (χ2n) is 4.41. The lowest BCUT2D eigenvalue weighted by Crippen LogP contribution is -2.43. The van der Waals surface area contributed by atoms with Crippen molar-refractivity contribution in [2.75, 3.05) is 13.7 Å². The van der Waals surface area contributed by atoms with Gasteiger partial charge in [0.2, 0.25) is 0 Å². The molecule has 0 unspecified atom stereocenters. The molecule has 4 nitrogen and oxygen atoms in total. The van der Waals surface area contributed by atoms with E-state index < -0.39 is 5.97 Å². The highest BCUT2D eigenvalue weighted by Crippen LogP contribution is 2.21. The van der Waals surface area contributed by atoms with Crippen LogP contribution in [0.15, 0.2) is 11.4 Å². The van der Waals surface area contributed by atoms with Crippen LogP contribution in [0.25, 0.3) is 0 Å². The molecule has 0 aromatic carbocycles. The number of aromatic carboxylic acids is 1. The molecule has 0 aliphatic carbocycles. The molecule has 0 saturated carbocycles. The van der Waals surface area contributed by atoms with Crippen LogP contribution in [0.3, 0.4) is 0 Å². The average molecular weight is 243 g/mol. The van der Waals surface area contributed by atoms with Crippen molar-refractivity contribution in [1.82, 2.24) is 4.90 Å². The molecule has 0 bridgehead atoms. The molecule has 1 rings (SSSR count). The third-order valence-electron chi connectivity index (χ3n) is 2.77.